The lowest BCUT2D eigenvalue weighted by Crippen LogP contribution is -2.37. The molecule has 0 aromatic rings. The monoisotopic (exact) mass is 237 g/mol. The fourth-order valence-corrected chi connectivity index (χ4v) is 2.19. The zero-order chi connectivity index (χ0) is 12.3. The Morgan fingerprint density at radius 1 is 1.18 bits per heavy atom. The summed E-state index contributed by atoms with van der Waals surface area (Å²) in [6.07, 6.45) is 6.94. The maximum Gasteiger partial charge on any atom is 0.424 e. The van der Waals surface area contributed by atoms with Gasteiger partial charge >= 0.3 is 6.09 Å². The molecule has 1 heterocycles. The Morgan fingerprint density at radius 3 is 2.35 bits per heavy atom. The minimum Gasteiger partial charge on any atom is -0.448 e. The van der Waals surface area contributed by atoms with Crippen LogP contribution in [0.5, 0.6) is 0 Å². The van der Waals surface area contributed by atoms with Gasteiger partial charge in [0.1, 0.15) is 0 Å². The van der Waals surface area contributed by atoms with Crippen LogP contribution in [0.25, 0.3) is 0 Å². The normalized spacial score (nSPS) is 21.1. The standard InChI is InChI=1S/C12H15NO4/c14-10-6-7-11(15)13(10)12(16)17-8-9-4-2-1-3-5-9/h6-7,9H,1-5,8H2. The first-order valence-corrected chi connectivity index (χ1v) is 5.91. The molecule has 5 nitrogen and oxygen atoms in total. The van der Waals surface area contributed by atoms with Crippen molar-refractivity contribution in [2.45, 2.75) is 32.1 Å². The van der Waals surface area contributed by atoms with Gasteiger partial charge in [0.05, 0.1) is 6.61 Å². The third-order valence-corrected chi connectivity index (χ3v) is 3.16. The number of amides is 3. The quantitative estimate of drug-likeness (QED) is 0.685. The average Bonchev–Trinajstić information content (AvgIpc) is 2.67. The van der Waals surface area contributed by atoms with E-state index in [1.807, 2.05) is 0 Å². The maximum absolute atomic E-state index is 11.5. The Kier molecular flexibility index (Phi) is 3.56. The summed E-state index contributed by atoms with van der Waals surface area (Å²) in [5, 5.41) is 0. The van der Waals surface area contributed by atoms with Gasteiger partial charge in [0.25, 0.3) is 11.8 Å². The fourth-order valence-electron chi connectivity index (χ4n) is 2.19. The molecule has 0 atom stereocenters. The third-order valence-electron chi connectivity index (χ3n) is 3.16. The Bertz CT molecular complexity index is 351. The van der Waals surface area contributed by atoms with Gasteiger partial charge in [-0.3, -0.25) is 9.59 Å². The van der Waals surface area contributed by atoms with E-state index in [9.17, 15) is 14.4 Å². The van der Waals surface area contributed by atoms with Gasteiger partial charge in [0.15, 0.2) is 0 Å². The van der Waals surface area contributed by atoms with Gasteiger partial charge in [-0.25, -0.2) is 4.79 Å². The largest absolute Gasteiger partial charge is 0.448 e. The minimum atomic E-state index is -0.851. The molecular formula is C12H15NO4. The lowest BCUT2D eigenvalue weighted by molar-refractivity contribution is -0.134. The molecule has 0 saturated heterocycles. The predicted molar refractivity (Wildman–Crippen MR) is 58.9 cm³/mol. The second-order valence-corrected chi connectivity index (χ2v) is 4.43. The highest BCUT2D eigenvalue weighted by Gasteiger charge is 2.31. The molecule has 17 heavy (non-hydrogen) atoms. The van der Waals surface area contributed by atoms with Crippen LogP contribution in [0.2, 0.25) is 0 Å². The van der Waals surface area contributed by atoms with E-state index in [0.717, 1.165) is 37.8 Å². The van der Waals surface area contributed by atoms with Crippen molar-refractivity contribution in [2.75, 3.05) is 6.61 Å². The Labute approximate surface area is 99.4 Å². The first-order valence-electron chi connectivity index (χ1n) is 5.91. The van der Waals surface area contributed by atoms with Crippen LogP contribution in [0.15, 0.2) is 12.2 Å². The molecule has 0 aromatic heterocycles. The van der Waals surface area contributed by atoms with Gasteiger partial charge < -0.3 is 4.74 Å². The van der Waals surface area contributed by atoms with E-state index in [0.29, 0.717) is 17.4 Å². The van der Waals surface area contributed by atoms with Crippen molar-refractivity contribution in [3.05, 3.63) is 12.2 Å². The van der Waals surface area contributed by atoms with Gasteiger partial charge in [-0.2, -0.15) is 4.90 Å². The van der Waals surface area contributed by atoms with Crippen molar-refractivity contribution in [1.82, 2.24) is 4.90 Å². The molecule has 1 fully saturated rings. The number of ether oxygens (including phenoxy) is 1. The molecule has 1 aliphatic carbocycles. The van der Waals surface area contributed by atoms with E-state index in [4.69, 9.17) is 4.74 Å². The van der Waals surface area contributed by atoms with Gasteiger partial charge in [-0.15, -0.1) is 0 Å². The van der Waals surface area contributed by atoms with E-state index in [1.54, 1.807) is 0 Å². The van der Waals surface area contributed by atoms with Gasteiger partial charge in [-0.1, -0.05) is 19.3 Å². The second kappa shape index (κ2) is 5.12. The maximum atomic E-state index is 11.5. The van der Waals surface area contributed by atoms with Crippen LogP contribution in [-0.2, 0) is 14.3 Å². The van der Waals surface area contributed by atoms with Crippen molar-refractivity contribution in [1.29, 1.82) is 0 Å². The molecular weight excluding hydrogens is 222 g/mol. The van der Waals surface area contributed by atoms with E-state index in [2.05, 4.69) is 0 Å². The summed E-state index contributed by atoms with van der Waals surface area (Å²) in [4.78, 5) is 34.5. The fraction of sp³-hybridized carbons (Fsp3) is 0.583. The number of hydrogen-bond donors (Lipinski definition) is 0. The number of rotatable bonds is 2. The molecule has 0 radical (unpaired) electrons. The first kappa shape index (κ1) is 11.8. The van der Waals surface area contributed by atoms with Crippen LogP contribution in [-0.4, -0.2) is 29.4 Å². The minimum absolute atomic E-state index is 0.301. The summed E-state index contributed by atoms with van der Waals surface area (Å²) in [7, 11) is 0. The molecule has 92 valence electrons. The topological polar surface area (TPSA) is 63.7 Å². The van der Waals surface area contributed by atoms with Crippen LogP contribution < -0.4 is 0 Å². The molecule has 0 bridgehead atoms. The summed E-state index contributed by atoms with van der Waals surface area (Å²) >= 11 is 0. The molecule has 5 heteroatoms. The van der Waals surface area contributed by atoms with Crippen molar-refractivity contribution in [3.8, 4) is 0 Å². The molecule has 0 aromatic carbocycles. The molecule has 1 saturated carbocycles. The Balaban J connectivity index is 1.81. The molecule has 0 unspecified atom stereocenters. The highest BCUT2D eigenvalue weighted by Crippen LogP contribution is 2.24. The van der Waals surface area contributed by atoms with Crippen LogP contribution in [0.1, 0.15) is 32.1 Å². The smallest absolute Gasteiger partial charge is 0.424 e. The molecule has 1 aliphatic heterocycles. The van der Waals surface area contributed by atoms with Gasteiger partial charge in [-0.05, 0) is 18.8 Å². The second-order valence-electron chi connectivity index (χ2n) is 4.43. The van der Waals surface area contributed by atoms with Crippen molar-refractivity contribution < 1.29 is 19.1 Å². The Hall–Kier alpha value is -1.65. The van der Waals surface area contributed by atoms with Crippen molar-refractivity contribution in [2.24, 2.45) is 5.92 Å². The SMILES string of the molecule is O=C1C=CC(=O)N1C(=O)OCC1CCCCC1. The third kappa shape index (κ3) is 2.72. The van der Waals surface area contributed by atoms with Crippen molar-refractivity contribution >= 4 is 17.9 Å². The zero-order valence-corrected chi connectivity index (χ0v) is 9.55. The predicted octanol–water partition coefficient (Wildman–Crippen LogP) is 1.63. The number of nitrogens with zero attached hydrogens (tertiary/aromatic N) is 1. The van der Waals surface area contributed by atoms with E-state index >= 15 is 0 Å². The highest BCUT2D eigenvalue weighted by atomic mass is 16.6. The molecule has 3 amide bonds. The highest BCUT2D eigenvalue weighted by molar-refractivity contribution is 6.21. The van der Waals surface area contributed by atoms with Crippen LogP contribution >= 0.6 is 0 Å². The molecule has 2 aliphatic rings. The van der Waals surface area contributed by atoms with Gasteiger partial charge in [0, 0.05) is 12.2 Å². The summed E-state index contributed by atoms with van der Waals surface area (Å²) in [6.45, 7) is 0.301. The molecule has 0 spiro atoms. The Morgan fingerprint density at radius 2 is 1.76 bits per heavy atom. The average molecular weight is 237 g/mol. The number of carbonyl (C=O) groups excluding carboxylic acids is 3. The lowest BCUT2D eigenvalue weighted by Gasteiger charge is -2.22. The molecule has 0 N–H and O–H groups in total. The van der Waals surface area contributed by atoms with E-state index < -0.39 is 17.9 Å². The van der Waals surface area contributed by atoms with Crippen LogP contribution in [0, 0.1) is 5.92 Å². The summed E-state index contributed by atoms with van der Waals surface area (Å²) in [5.74, 6) is -0.874. The van der Waals surface area contributed by atoms with Crippen LogP contribution in [0.4, 0.5) is 4.79 Å². The van der Waals surface area contributed by atoms with Gasteiger partial charge in [0.2, 0.25) is 0 Å². The summed E-state index contributed by atoms with van der Waals surface area (Å²) in [6, 6.07) is 0. The lowest BCUT2D eigenvalue weighted by atomic mass is 9.90. The van der Waals surface area contributed by atoms with Crippen LogP contribution in [0.3, 0.4) is 0 Å². The number of imide groups is 3. The number of carbonyl (C=O) groups is 3. The van der Waals surface area contributed by atoms with E-state index in [1.165, 1.54) is 6.42 Å². The number of hydrogen-bond acceptors (Lipinski definition) is 4. The zero-order valence-electron chi connectivity index (χ0n) is 9.55. The molecule has 2 rings (SSSR count). The van der Waals surface area contributed by atoms with E-state index in [-0.39, 0.29) is 0 Å². The first-order chi connectivity index (χ1) is 8.18. The summed E-state index contributed by atoms with van der Waals surface area (Å²) in [5.41, 5.74) is 0. The van der Waals surface area contributed by atoms with Crippen molar-refractivity contribution in [3.63, 3.8) is 0 Å². The summed E-state index contributed by atoms with van der Waals surface area (Å²) < 4.78 is 5.01.